The minimum Gasteiger partial charge on any atom is -0.488 e. The Hall–Kier alpha value is -2.30. The monoisotopic (exact) mass is 271 g/mol. The maximum Gasteiger partial charge on any atom is 0.271 e. The van der Waals surface area contributed by atoms with E-state index in [0.717, 1.165) is 18.0 Å². The van der Waals surface area contributed by atoms with Gasteiger partial charge in [0.15, 0.2) is 0 Å². The highest BCUT2D eigenvalue weighted by Crippen LogP contribution is 2.28. The number of nitrogens with one attached hydrogen (secondary N) is 1. The Labute approximate surface area is 117 Å². The lowest BCUT2D eigenvalue weighted by atomic mass is 10.1. The summed E-state index contributed by atoms with van der Waals surface area (Å²) in [5, 5.41) is 0. The van der Waals surface area contributed by atoms with Gasteiger partial charge in [-0.3, -0.25) is 4.79 Å². The topological polar surface area (TPSA) is 58.2 Å². The molecule has 0 saturated heterocycles. The average Bonchev–Trinajstić information content (AvgIpc) is 3.03. The van der Waals surface area contributed by atoms with Gasteiger partial charge in [-0.25, -0.2) is 4.98 Å². The summed E-state index contributed by atoms with van der Waals surface area (Å²) in [4.78, 5) is 20.9. The van der Waals surface area contributed by atoms with E-state index in [1.807, 2.05) is 25.1 Å². The van der Waals surface area contributed by atoms with Gasteiger partial charge in [0.05, 0.1) is 12.7 Å². The Morgan fingerprint density at radius 1 is 1.50 bits per heavy atom. The molecule has 0 fully saturated rings. The highest BCUT2D eigenvalue weighted by Gasteiger charge is 2.25. The number of fused-ring (bicyclic) bond motifs is 1. The van der Waals surface area contributed by atoms with Gasteiger partial charge in [-0.2, -0.15) is 0 Å². The van der Waals surface area contributed by atoms with E-state index in [9.17, 15) is 4.79 Å². The standard InChI is InChI=1S/C15H17N3O2/c1-10-16-8-13(17-10)15(19)18(2)9-12-7-11-5-3-4-6-14(11)20-12/h3-6,8,12H,7,9H2,1-2H3,(H,16,17). The highest BCUT2D eigenvalue weighted by molar-refractivity contribution is 5.92. The summed E-state index contributed by atoms with van der Waals surface area (Å²) in [7, 11) is 1.78. The molecule has 2 heterocycles. The van der Waals surface area contributed by atoms with Crippen molar-refractivity contribution in [2.24, 2.45) is 0 Å². The number of benzene rings is 1. The number of hydrogen-bond donors (Lipinski definition) is 1. The Balaban J connectivity index is 1.63. The predicted molar refractivity (Wildman–Crippen MR) is 74.8 cm³/mol. The van der Waals surface area contributed by atoms with Crippen LogP contribution >= 0.6 is 0 Å². The third-order valence-corrected chi connectivity index (χ3v) is 3.47. The van der Waals surface area contributed by atoms with Crippen LogP contribution in [0.3, 0.4) is 0 Å². The van der Waals surface area contributed by atoms with Crippen LogP contribution in [0.5, 0.6) is 5.75 Å². The molecule has 1 N–H and O–H groups in total. The van der Waals surface area contributed by atoms with Gasteiger partial charge in [-0.15, -0.1) is 0 Å². The summed E-state index contributed by atoms with van der Waals surface area (Å²) in [6.07, 6.45) is 2.43. The molecule has 0 aliphatic carbocycles. The molecule has 2 aromatic rings. The van der Waals surface area contributed by atoms with E-state index < -0.39 is 0 Å². The molecule has 1 aromatic carbocycles. The van der Waals surface area contributed by atoms with Crippen LogP contribution in [-0.2, 0) is 6.42 Å². The molecule has 1 aliphatic rings. The van der Waals surface area contributed by atoms with Crippen molar-refractivity contribution in [3.8, 4) is 5.75 Å². The van der Waals surface area contributed by atoms with Crippen LogP contribution < -0.4 is 4.74 Å². The zero-order chi connectivity index (χ0) is 14.1. The van der Waals surface area contributed by atoms with E-state index in [1.165, 1.54) is 5.56 Å². The number of ether oxygens (including phenoxy) is 1. The van der Waals surface area contributed by atoms with Crippen LogP contribution in [-0.4, -0.2) is 40.5 Å². The van der Waals surface area contributed by atoms with Gasteiger partial charge in [-0.05, 0) is 18.6 Å². The van der Waals surface area contributed by atoms with Gasteiger partial charge in [-0.1, -0.05) is 18.2 Å². The van der Waals surface area contributed by atoms with Crippen molar-refractivity contribution in [1.29, 1.82) is 0 Å². The second-order valence-corrected chi connectivity index (χ2v) is 5.12. The molecule has 0 bridgehead atoms. The summed E-state index contributed by atoms with van der Waals surface area (Å²) in [6, 6.07) is 8.00. The first-order valence-electron chi connectivity index (χ1n) is 6.65. The molecule has 5 heteroatoms. The Morgan fingerprint density at radius 2 is 2.30 bits per heavy atom. The van der Waals surface area contributed by atoms with E-state index in [-0.39, 0.29) is 12.0 Å². The lowest BCUT2D eigenvalue weighted by molar-refractivity contribution is 0.0725. The molecule has 0 spiro atoms. The SMILES string of the molecule is Cc1ncc(C(=O)N(C)CC2Cc3ccccc3O2)[nH]1. The lowest BCUT2D eigenvalue weighted by Crippen LogP contribution is -2.36. The van der Waals surface area contributed by atoms with Crippen LogP contribution in [0.2, 0.25) is 0 Å². The summed E-state index contributed by atoms with van der Waals surface area (Å²) >= 11 is 0. The quantitative estimate of drug-likeness (QED) is 0.926. The average molecular weight is 271 g/mol. The molecule has 1 unspecified atom stereocenters. The molecular weight excluding hydrogens is 254 g/mol. The van der Waals surface area contributed by atoms with E-state index in [1.54, 1.807) is 18.1 Å². The molecule has 20 heavy (non-hydrogen) atoms. The largest absolute Gasteiger partial charge is 0.488 e. The van der Waals surface area contributed by atoms with E-state index in [2.05, 4.69) is 16.0 Å². The summed E-state index contributed by atoms with van der Waals surface area (Å²) in [5.74, 6) is 1.60. The second-order valence-electron chi connectivity index (χ2n) is 5.12. The van der Waals surface area contributed by atoms with Crippen LogP contribution in [0, 0.1) is 6.92 Å². The van der Waals surface area contributed by atoms with Crippen molar-refractivity contribution in [2.75, 3.05) is 13.6 Å². The molecule has 0 radical (unpaired) electrons. The fraction of sp³-hybridized carbons (Fsp3) is 0.333. The number of carbonyl (C=O) groups is 1. The zero-order valence-electron chi connectivity index (χ0n) is 11.6. The van der Waals surface area contributed by atoms with E-state index >= 15 is 0 Å². The highest BCUT2D eigenvalue weighted by atomic mass is 16.5. The van der Waals surface area contributed by atoms with Gasteiger partial charge in [0.1, 0.15) is 23.4 Å². The van der Waals surface area contributed by atoms with Crippen LogP contribution in [0.4, 0.5) is 0 Å². The van der Waals surface area contributed by atoms with Crippen molar-refractivity contribution in [3.63, 3.8) is 0 Å². The first-order chi connectivity index (χ1) is 9.63. The number of H-pyrrole nitrogens is 1. The number of rotatable bonds is 3. The van der Waals surface area contributed by atoms with Crippen molar-refractivity contribution in [2.45, 2.75) is 19.4 Å². The maximum atomic E-state index is 12.2. The maximum absolute atomic E-state index is 12.2. The number of carbonyl (C=O) groups excluding carboxylic acids is 1. The Bertz CT molecular complexity index is 611. The Kier molecular flexibility index (Phi) is 3.18. The number of aromatic nitrogens is 2. The first kappa shape index (κ1) is 12.7. The zero-order valence-corrected chi connectivity index (χ0v) is 11.6. The Morgan fingerprint density at radius 3 is 3.00 bits per heavy atom. The summed E-state index contributed by atoms with van der Waals surface area (Å²) in [6.45, 7) is 2.39. The number of para-hydroxylation sites is 1. The van der Waals surface area contributed by atoms with Gasteiger partial charge >= 0.3 is 0 Å². The smallest absolute Gasteiger partial charge is 0.271 e. The normalized spacial score (nSPS) is 16.6. The predicted octanol–water partition coefficient (Wildman–Crippen LogP) is 1.79. The van der Waals surface area contributed by atoms with Crippen LogP contribution in [0.25, 0.3) is 0 Å². The number of aryl methyl sites for hydroxylation is 1. The van der Waals surface area contributed by atoms with Crippen molar-refractivity contribution in [3.05, 3.63) is 47.5 Å². The van der Waals surface area contributed by atoms with Gasteiger partial charge in [0.25, 0.3) is 5.91 Å². The minimum atomic E-state index is -0.0647. The number of imidazole rings is 1. The molecule has 1 amide bonds. The number of nitrogens with zero attached hydrogens (tertiary/aromatic N) is 2. The summed E-state index contributed by atoms with van der Waals surface area (Å²) in [5.41, 5.74) is 1.72. The van der Waals surface area contributed by atoms with E-state index in [4.69, 9.17) is 4.74 Å². The van der Waals surface area contributed by atoms with Crippen molar-refractivity contribution < 1.29 is 9.53 Å². The van der Waals surface area contributed by atoms with Gasteiger partial charge in [0, 0.05) is 13.5 Å². The number of aromatic amines is 1. The molecule has 1 aromatic heterocycles. The second kappa shape index (κ2) is 5.00. The van der Waals surface area contributed by atoms with E-state index in [0.29, 0.717) is 12.2 Å². The van der Waals surface area contributed by atoms with Crippen molar-refractivity contribution in [1.82, 2.24) is 14.9 Å². The molecule has 5 nitrogen and oxygen atoms in total. The minimum absolute atomic E-state index is 0.0189. The number of hydrogen-bond acceptors (Lipinski definition) is 3. The summed E-state index contributed by atoms with van der Waals surface area (Å²) < 4.78 is 5.85. The fourth-order valence-electron chi connectivity index (χ4n) is 2.48. The molecule has 1 atom stereocenters. The molecule has 104 valence electrons. The molecule has 3 rings (SSSR count). The van der Waals surface area contributed by atoms with Crippen LogP contribution in [0.15, 0.2) is 30.5 Å². The molecular formula is C15H17N3O2. The third kappa shape index (κ3) is 2.39. The lowest BCUT2D eigenvalue weighted by Gasteiger charge is -2.20. The molecule has 1 aliphatic heterocycles. The first-order valence-corrected chi connectivity index (χ1v) is 6.65. The fourth-order valence-corrected chi connectivity index (χ4v) is 2.48. The van der Waals surface area contributed by atoms with Gasteiger partial charge in [0.2, 0.25) is 0 Å². The van der Waals surface area contributed by atoms with Crippen LogP contribution in [0.1, 0.15) is 21.9 Å². The van der Waals surface area contributed by atoms with Gasteiger partial charge < -0.3 is 14.6 Å². The molecule has 0 saturated carbocycles. The number of likely N-dealkylation sites (N-methyl/N-ethyl adjacent to an activating group) is 1. The third-order valence-electron chi connectivity index (χ3n) is 3.47. The van der Waals surface area contributed by atoms with Crippen molar-refractivity contribution >= 4 is 5.91 Å². The number of amides is 1.